The molecule has 0 spiro atoms. The standard InChI is InChI=1S/C14H17BrN4/c1-16-9-12-7-8-14(18-17-12)19(2)10-11-5-3-4-6-13(11)15/h3-8,16H,9-10H2,1-2H3. The molecule has 0 amide bonds. The van der Waals surface area contributed by atoms with Crippen molar-refractivity contribution in [3.8, 4) is 0 Å². The summed E-state index contributed by atoms with van der Waals surface area (Å²) in [4.78, 5) is 2.08. The molecule has 1 aromatic heterocycles. The first-order chi connectivity index (χ1) is 9.20. The molecule has 0 radical (unpaired) electrons. The number of hydrogen-bond donors (Lipinski definition) is 1. The van der Waals surface area contributed by atoms with Gasteiger partial charge in [0, 0.05) is 24.6 Å². The summed E-state index contributed by atoms with van der Waals surface area (Å²) in [6.07, 6.45) is 0. The topological polar surface area (TPSA) is 41.0 Å². The van der Waals surface area contributed by atoms with Crippen LogP contribution in [0.2, 0.25) is 0 Å². The third-order valence-corrected chi connectivity index (χ3v) is 3.59. The summed E-state index contributed by atoms with van der Waals surface area (Å²) in [6, 6.07) is 12.2. The van der Waals surface area contributed by atoms with Crippen molar-refractivity contribution in [2.75, 3.05) is 19.0 Å². The van der Waals surface area contributed by atoms with Crippen molar-refractivity contribution in [3.05, 3.63) is 52.1 Å². The second-order valence-electron chi connectivity index (χ2n) is 4.36. The van der Waals surface area contributed by atoms with Crippen LogP contribution in [-0.4, -0.2) is 24.3 Å². The van der Waals surface area contributed by atoms with E-state index in [0.717, 1.165) is 29.1 Å². The Bertz CT molecular complexity index is 527. The molecule has 0 atom stereocenters. The van der Waals surface area contributed by atoms with Gasteiger partial charge in [0.1, 0.15) is 0 Å². The fourth-order valence-electron chi connectivity index (χ4n) is 1.79. The van der Waals surface area contributed by atoms with Crippen molar-refractivity contribution in [2.24, 2.45) is 0 Å². The van der Waals surface area contributed by atoms with Gasteiger partial charge in [0.15, 0.2) is 5.82 Å². The van der Waals surface area contributed by atoms with Gasteiger partial charge in [-0.2, -0.15) is 5.10 Å². The molecular weight excluding hydrogens is 304 g/mol. The highest BCUT2D eigenvalue weighted by Crippen LogP contribution is 2.19. The van der Waals surface area contributed by atoms with E-state index in [9.17, 15) is 0 Å². The minimum atomic E-state index is 0.737. The Morgan fingerprint density at radius 3 is 2.58 bits per heavy atom. The first-order valence-corrected chi connectivity index (χ1v) is 6.91. The van der Waals surface area contributed by atoms with Crippen LogP contribution in [-0.2, 0) is 13.1 Å². The molecule has 0 bridgehead atoms. The van der Waals surface area contributed by atoms with Gasteiger partial charge in [-0.3, -0.25) is 0 Å². The van der Waals surface area contributed by atoms with Gasteiger partial charge >= 0.3 is 0 Å². The zero-order valence-corrected chi connectivity index (χ0v) is 12.7. The first kappa shape index (κ1) is 14.0. The molecule has 1 aromatic carbocycles. The highest BCUT2D eigenvalue weighted by molar-refractivity contribution is 9.10. The quantitative estimate of drug-likeness (QED) is 0.919. The third kappa shape index (κ3) is 3.75. The molecule has 0 aliphatic heterocycles. The van der Waals surface area contributed by atoms with Gasteiger partial charge in [-0.05, 0) is 30.8 Å². The number of halogens is 1. The predicted octanol–water partition coefficient (Wildman–Crippen LogP) is 2.59. The van der Waals surface area contributed by atoms with Crippen molar-refractivity contribution in [1.29, 1.82) is 0 Å². The molecule has 0 saturated heterocycles. The second-order valence-corrected chi connectivity index (χ2v) is 5.22. The number of nitrogens with zero attached hydrogens (tertiary/aromatic N) is 3. The van der Waals surface area contributed by atoms with Crippen molar-refractivity contribution in [3.63, 3.8) is 0 Å². The van der Waals surface area contributed by atoms with Crippen LogP contribution in [0.15, 0.2) is 40.9 Å². The van der Waals surface area contributed by atoms with Crippen LogP contribution >= 0.6 is 15.9 Å². The Morgan fingerprint density at radius 1 is 1.16 bits per heavy atom. The van der Waals surface area contributed by atoms with E-state index in [1.165, 1.54) is 5.56 Å². The highest BCUT2D eigenvalue weighted by Gasteiger charge is 2.06. The Kier molecular flexibility index (Phi) is 4.87. The van der Waals surface area contributed by atoms with Gasteiger partial charge in [0.05, 0.1) is 5.69 Å². The molecule has 4 nitrogen and oxygen atoms in total. The largest absolute Gasteiger partial charge is 0.354 e. The molecule has 1 N–H and O–H groups in total. The average Bonchev–Trinajstić information content (AvgIpc) is 2.42. The maximum atomic E-state index is 4.24. The van der Waals surface area contributed by atoms with Gasteiger partial charge < -0.3 is 10.2 Å². The van der Waals surface area contributed by atoms with Crippen LogP contribution in [0, 0.1) is 0 Å². The summed E-state index contributed by atoms with van der Waals surface area (Å²) in [5.74, 6) is 0.871. The highest BCUT2D eigenvalue weighted by atomic mass is 79.9. The van der Waals surface area contributed by atoms with Crippen molar-refractivity contribution >= 4 is 21.7 Å². The van der Waals surface area contributed by atoms with Crippen LogP contribution in [0.25, 0.3) is 0 Å². The molecular formula is C14H17BrN4. The molecule has 0 fully saturated rings. The van der Waals surface area contributed by atoms with Gasteiger partial charge in [-0.15, -0.1) is 5.10 Å². The van der Waals surface area contributed by atoms with E-state index in [0.29, 0.717) is 0 Å². The fourth-order valence-corrected chi connectivity index (χ4v) is 2.21. The van der Waals surface area contributed by atoms with E-state index in [1.54, 1.807) is 0 Å². The van der Waals surface area contributed by atoms with E-state index in [-0.39, 0.29) is 0 Å². The van der Waals surface area contributed by atoms with E-state index >= 15 is 0 Å². The number of benzene rings is 1. The van der Waals surface area contributed by atoms with Crippen LogP contribution < -0.4 is 10.2 Å². The van der Waals surface area contributed by atoms with Crippen LogP contribution in [0.5, 0.6) is 0 Å². The minimum Gasteiger partial charge on any atom is -0.354 e. The number of nitrogens with one attached hydrogen (secondary N) is 1. The molecule has 0 unspecified atom stereocenters. The number of aromatic nitrogens is 2. The maximum absolute atomic E-state index is 4.24. The molecule has 0 aliphatic carbocycles. The monoisotopic (exact) mass is 320 g/mol. The SMILES string of the molecule is CNCc1ccc(N(C)Cc2ccccc2Br)nn1. The summed E-state index contributed by atoms with van der Waals surface area (Å²) in [5, 5.41) is 11.5. The first-order valence-electron chi connectivity index (χ1n) is 6.12. The Hall–Kier alpha value is -1.46. The summed E-state index contributed by atoms with van der Waals surface area (Å²) in [5.41, 5.74) is 2.17. The maximum Gasteiger partial charge on any atom is 0.151 e. The van der Waals surface area contributed by atoms with Crippen LogP contribution in [0.1, 0.15) is 11.3 Å². The van der Waals surface area contributed by atoms with Gasteiger partial charge in [-0.25, -0.2) is 0 Å². The number of hydrogen-bond acceptors (Lipinski definition) is 4. The molecule has 0 aliphatic rings. The lowest BCUT2D eigenvalue weighted by Crippen LogP contribution is -2.19. The minimum absolute atomic E-state index is 0.737. The normalized spacial score (nSPS) is 10.5. The van der Waals surface area contributed by atoms with Crippen molar-refractivity contribution in [1.82, 2.24) is 15.5 Å². The molecule has 100 valence electrons. The summed E-state index contributed by atoms with van der Waals surface area (Å²) in [7, 11) is 3.91. The lowest BCUT2D eigenvalue weighted by molar-refractivity contribution is 0.759. The number of anilines is 1. The zero-order chi connectivity index (χ0) is 13.7. The van der Waals surface area contributed by atoms with E-state index < -0.39 is 0 Å². The van der Waals surface area contributed by atoms with Gasteiger partial charge in [0.25, 0.3) is 0 Å². The lowest BCUT2D eigenvalue weighted by Gasteiger charge is -2.18. The lowest BCUT2D eigenvalue weighted by atomic mass is 10.2. The van der Waals surface area contributed by atoms with Crippen LogP contribution in [0.3, 0.4) is 0 Å². The summed E-state index contributed by atoms with van der Waals surface area (Å²) < 4.78 is 1.11. The molecule has 0 saturated carbocycles. The molecule has 2 rings (SSSR count). The zero-order valence-electron chi connectivity index (χ0n) is 11.1. The third-order valence-electron chi connectivity index (χ3n) is 2.82. The van der Waals surface area contributed by atoms with Gasteiger partial charge in [0.2, 0.25) is 0 Å². The molecule has 5 heteroatoms. The molecule has 1 heterocycles. The Morgan fingerprint density at radius 2 is 1.95 bits per heavy atom. The second kappa shape index (κ2) is 6.63. The van der Waals surface area contributed by atoms with Gasteiger partial charge in [-0.1, -0.05) is 34.1 Å². The van der Waals surface area contributed by atoms with E-state index in [2.05, 4.69) is 42.4 Å². The Balaban J connectivity index is 2.07. The summed E-state index contributed by atoms with van der Waals surface area (Å²) in [6.45, 7) is 1.53. The van der Waals surface area contributed by atoms with Crippen LogP contribution in [0.4, 0.5) is 5.82 Å². The smallest absolute Gasteiger partial charge is 0.151 e. The predicted molar refractivity (Wildman–Crippen MR) is 81.0 cm³/mol. The Labute approximate surface area is 122 Å². The molecule has 19 heavy (non-hydrogen) atoms. The molecule has 2 aromatic rings. The van der Waals surface area contributed by atoms with E-state index in [1.807, 2.05) is 44.4 Å². The van der Waals surface area contributed by atoms with E-state index in [4.69, 9.17) is 0 Å². The summed E-state index contributed by atoms with van der Waals surface area (Å²) >= 11 is 3.56. The van der Waals surface area contributed by atoms with Crippen molar-refractivity contribution in [2.45, 2.75) is 13.1 Å². The fraction of sp³-hybridized carbons (Fsp3) is 0.286. The average molecular weight is 321 g/mol. The number of rotatable bonds is 5. The van der Waals surface area contributed by atoms with Crippen molar-refractivity contribution < 1.29 is 0 Å².